The number of nitrogens with one attached hydrogen (secondary N) is 3. The number of hydrogen-bond acceptors (Lipinski definition) is 3. The Bertz CT molecular complexity index is 1110. The molecule has 7 nitrogen and oxygen atoms in total. The largest absolute Gasteiger partial charge is 0.287 e. The third-order valence-corrected chi connectivity index (χ3v) is 3.98. The van der Waals surface area contributed by atoms with Crippen molar-refractivity contribution >= 4 is 29.5 Å². The van der Waals surface area contributed by atoms with Crippen LogP contribution in [0.5, 0.6) is 0 Å². The molecule has 0 atom stereocenters. The van der Waals surface area contributed by atoms with Crippen LogP contribution >= 0.6 is 11.6 Å². The molecule has 0 saturated carbocycles. The molecule has 0 radical (unpaired) electrons. The molecule has 3 rings (SSSR count). The van der Waals surface area contributed by atoms with Gasteiger partial charge in [0.25, 0.3) is 17.4 Å². The van der Waals surface area contributed by atoms with Crippen LogP contribution in [-0.2, 0) is 4.79 Å². The number of carbonyl (C=O) groups is 2. The highest BCUT2D eigenvalue weighted by Crippen LogP contribution is 2.18. The van der Waals surface area contributed by atoms with E-state index in [1.54, 1.807) is 30.3 Å². The molecule has 1 heterocycles. The third-order valence-electron chi connectivity index (χ3n) is 3.66. The molecule has 0 aliphatic carbocycles. The van der Waals surface area contributed by atoms with Crippen LogP contribution in [0, 0.1) is 5.82 Å². The van der Waals surface area contributed by atoms with Crippen molar-refractivity contribution < 1.29 is 14.0 Å². The van der Waals surface area contributed by atoms with Crippen LogP contribution in [0.2, 0.25) is 5.02 Å². The highest BCUT2D eigenvalue weighted by Gasteiger charge is 2.12. The molecule has 0 aliphatic rings. The van der Waals surface area contributed by atoms with Crippen LogP contribution in [0.3, 0.4) is 0 Å². The Balaban J connectivity index is 1.62. The van der Waals surface area contributed by atoms with Crippen molar-refractivity contribution in [3.8, 4) is 5.69 Å². The summed E-state index contributed by atoms with van der Waals surface area (Å²) in [6.07, 6.45) is 2.49. The summed E-state index contributed by atoms with van der Waals surface area (Å²) in [6.45, 7) is 0. The quantitative estimate of drug-likeness (QED) is 0.463. The zero-order valence-electron chi connectivity index (χ0n) is 14.3. The number of halogens is 2. The van der Waals surface area contributed by atoms with Crippen molar-refractivity contribution in [2.75, 3.05) is 0 Å². The van der Waals surface area contributed by atoms with E-state index in [2.05, 4.69) is 16.0 Å². The van der Waals surface area contributed by atoms with Crippen molar-refractivity contribution in [3.63, 3.8) is 0 Å². The minimum absolute atomic E-state index is 0.0280. The summed E-state index contributed by atoms with van der Waals surface area (Å²) >= 11 is 5.86. The molecule has 142 valence electrons. The summed E-state index contributed by atoms with van der Waals surface area (Å²) in [6, 6.07) is 13.6. The molecule has 1 aromatic heterocycles. The summed E-state index contributed by atoms with van der Waals surface area (Å²) < 4.78 is 14.2. The van der Waals surface area contributed by atoms with E-state index in [0.717, 1.165) is 18.2 Å². The smallest absolute Gasteiger partial charge is 0.285 e. The molecular formula is C19H14ClFN4O3. The third kappa shape index (κ3) is 4.54. The lowest BCUT2D eigenvalue weighted by Crippen LogP contribution is -2.41. The predicted molar refractivity (Wildman–Crippen MR) is 102 cm³/mol. The van der Waals surface area contributed by atoms with Gasteiger partial charge in [0, 0.05) is 12.1 Å². The summed E-state index contributed by atoms with van der Waals surface area (Å²) in [4.78, 5) is 35.9. The molecule has 0 bridgehead atoms. The Morgan fingerprint density at radius 3 is 2.54 bits per heavy atom. The molecule has 0 aliphatic heterocycles. The van der Waals surface area contributed by atoms with Crippen molar-refractivity contribution in [1.82, 2.24) is 20.6 Å². The second-order valence-corrected chi connectivity index (χ2v) is 6.03. The molecule has 3 aromatic rings. The Morgan fingerprint density at radius 2 is 1.82 bits per heavy atom. The molecule has 0 unspecified atom stereocenters. The van der Waals surface area contributed by atoms with Gasteiger partial charge in [-0.05, 0) is 35.9 Å². The fourth-order valence-corrected chi connectivity index (χ4v) is 2.54. The Hall–Kier alpha value is -3.65. The summed E-state index contributed by atoms with van der Waals surface area (Å²) in [5, 5.41) is 2.81. The molecule has 28 heavy (non-hydrogen) atoms. The molecule has 2 aromatic carbocycles. The molecule has 9 heteroatoms. The van der Waals surface area contributed by atoms with E-state index in [4.69, 9.17) is 11.6 Å². The number of H-pyrrole nitrogens is 1. The van der Waals surface area contributed by atoms with E-state index in [1.807, 2.05) is 0 Å². The number of aromatic amines is 1. The van der Waals surface area contributed by atoms with Crippen LogP contribution in [0.25, 0.3) is 11.8 Å². The molecule has 2 amide bonds. The summed E-state index contributed by atoms with van der Waals surface area (Å²) in [7, 11) is 0. The van der Waals surface area contributed by atoms with Gasteiger partial charge in [0.05, 0.1) is 10.7 Å². The fraction of sp³-hybridized carbons (Fsp3) is 0. The number of para-hydroxylation sites is 1. The van der Waals surface area contributed by atoms with Gasteiger partial charge in [-0.25, -0.2) is 9.07 Å². The number of benzene rings is 2. The number of carbonyl (C=O) groups excluding carboxylic acids is 2. The van der Waals surface area contributed by atoms with Gasteiger partial charge < -0.3 is 0 Å². The second kappa shape index (κ2) is 8.36. The lowest BCUT2D eigenvalue weighted by atomic mass is 10.2. The highest BCUT2D eigenvalue weighted by molar-refractivity contribution is 6.32. The van der Waals surface area contributed by atoms with Crippen LogP contribution in [0.1, 0.15) is 16.1 Å². The van der Waals surface area contributed by atoms with E-state index >= 15 is 0 Å². The van der Waals surface area contributed by atoms with E-state index in [1.165, 1.54) is 22.9 Å². The Morgan fingerprint density at radius 1 is 1.07 bits per heavy atom. The first-order valence-electron chi connectivity index (χ1n) is 8.05. The number of nitrogens with zero attached hydrogens (tertiary/aromatic N) is 1. The first kappa shape index (κ1) is 19.1. The zero-order valence-corrected chi connectivity index (χ0v) is 15.0. The van der Waals surface area contributed by atoms with Crippen molar-refractivity contribution in [3.05, 3.63) is 93.1 Å². The van der Waals surface area contributed by atoms with Crippen LogP contribution in [0.4, 0.5) is 4.39 Å². The normalized spacial score (nSPS) is 10.8. The first-order chi connectivity index (χ1) is 13.4. The van der Waals surface area contributed by atoms with Gasteiger partial charge in [0.15, 0.2) is 0 Å². The Kier molecular flexibility index (Phi) is 5.71. The lowest BCUT2D eigenvalue weighted by molar-refractivity contribution is -0.117. The number of amides is 2. The van der Waals surface area contributed by atoms with Gasteiger partial charge in [0.1, 0.15) is 11.5 Å². The molecule has 0 saturated heterocycles. The van der Waals surface area contributed by atoms with Gasteiger partial charge in [-0.2, -0.15) is 0 Å². The van der Waals surface area contributed by atoms with E-state index in [0.29, 0.717) is 11.3 Å². The van der Waals surface area contributed by atoms with Crippen LogP contribution in [0.15, 0.2) is 65.5 Å². The monoisotopic (exact) mass is 400 g/mol. The van der Waals surface area contributed by atoms with Gasteiger partial charge in [-0.1, -0.05) is 35.9 Å². The number of rotatable bonds is 4. The minimum Gasteiger partial charge on any atom is -0.285 e. The van der Waals surface area contributed by atoms with E-state index in [9.17, 15) is 18.8 Å². The SMILES string of the molecule is O=C(/C=C/c1ccc(F)cc1Cl)NNC(=O)c1cc(=O)n(-c2ccccc2)[nH]1. The average Bonchev–Trinajstić information content (AvgIpc) is 3.08. The molecular weight excluding hydrogens is 387 g/mol. The molecule has 0 fully saturated rings. The second-order valence-electron chi connectivity index (χ2n) is 5.62. The van der Waals surface area contributed by atoms with Crippen molar-refractivity contribution in [1.29, 1.82) is 0 Å². The topological polar surface area (TPSA) is 96.0 Å². The standard InChI is InChI=1S/C19H14ClFN4O3/c20-15-10-13(21)8-6-12(15)7-9-17(26)22-23-19(28)16-11-18(27)25(24-16)14-4-2-1-3-5-14/h1-11,24H,(H,22,26)(H,23,28)/b9-7+. The van der Waals surface area contributed by atoms with E-state index in [-0.39, 0.29) is 10.7 Å². The first-order valence-corrected chi connectivity index (χ1v) is 8.43. The summed E-state index contributed by atoms with van der Waals surface area (Å²) in [5.74, 6) is -1.83. The average molecular weight is 401 g/mol. The maximum absolute atomic E-state index is 13.0. The predicted octanol–water partition coefficient (Wildman–Crippen LogP) is 2.43. The zero-order chi connectivity index (χ0) is 20.1. The maximum atomic E-state index is 13.0. The van der Waals surface area contributed by atoms with Gasteiger partial charge in [0.2, 0.25) is 0 Å². The van der Waals surface area contributed by atoms with Gasteiger partial charge in [-0.3, -0.25) is 30.3 Å². The summed E-state index contributed by atoms with van der Waals surface area (Å²) in [5.41, 5.74) is 4.91. The van der Waals surface area contributed by atoms with Gasteiger partial charge >= 0.3 is 0 Å². The van der Waals surface area contributed by atoms with E-state index < -0.39 is 23.2 Å². The molecule has 3 N–H and O–H groups in total. The lowest BCUT2D eigenvalue weighted by Gasteiger charge is -2.04. The number of hydrazine groups is 1. The minimum atomic E-state index is -0.701. The number of hydrogen-bond donors (Lipinski definition) is 3. The van der Waals surface area contributed by atoms with Crippen LogP contribution in [-0.4, -0.2) is 21.6 Å². The number of aromatic nitrogens is 2. The highest BCUT2D eigenvalue weighted by atomic mass is 35.5. The van der Waals surface area contributed by atoms with Gasteiger partial charge in [-0.15, -0.1) is 0 Å². The molecule has 0 spiro atoms. The fourth-order valence-electron chi connectivity index (χ4n) is 2.31. The van der Waals surface area contributed by atoms with Crippen molar-refractivity contribution in [2.24, 2.45) is 0 Å². The van der Waals surface area contributed by atoms with Crippen LogP contribution < -0.4 is 16.4 Å². The Labute approximate surface area is 163 Å². The maximum Gasteiger partial charge on any atom is 0.287 e. The van der Waals surface area contributed by atoms with Crippen molar-refractivity contribution in [2.45, 2.75) is 0 Å².